The Morgan fingerprint density at radius 3 is 1.61 bits per heavy atom. The minimum atomic E-state index is 0.555. The molecule has 0 bridgehead atoms. The predicted octanol–water partition coefficient (Wildman–Crippen LogP) is 11.8. The number of nitrogens with zero attached hydrogens (tertiary/aromatic N) is 4. The molecule has 4 heterocycles. The maximum atomic E-state index is 6.65. The molecule has 0 fully saturated rings. The molecule has 0 atom stereocenters. The van der Waals surface area contributed by atoms with Crippen molar-refractivity contribution in [3.63, 3.8) is 0 Å². The molecular formula is C45H26N4O2. The summed E-state index contributed by atoms with van der Waals surface area (Å²) >= 11 is 0. The third-order valence-electron chi connectivity index (χ3n) is 9.85. The van der Waals surface area contributed by atoms with Gasteiger partial charge in [0.1, 0.15) is 22.3 Å². The minimum Gasteiger partial charge on any atom is -0.456 e. The zero-order valence-corrected chi connectivity index (χ0v) is 27.1. The van der Waals surface area contributed by atoms with Gasteiger partial charge in [-0.3, -0.25) is 0 Å². The van der Waals surface area contributed by atoms with Crippen LogP contribution >= 0.6 is 0 Å². The highest BCUT2D eigenvalue weighted by atomic mass is 16.3. The topological polar surface area (TPSA) is 69.9 Å². The summed E-state index contributed by atoms with van der Waals surface area (Å²) in [5, 5.41) is 6.55. The lowest BCUT2D eigenvalue weighted by Gasteiger charge is -2.08. The smallest absolute Gasteiger partial charge is 0.167 e. The van der Waals surface area contributed by atoms with E-state index < -0.39 is 0 Å². The lowest BCUT2D eigenvalue weighted by molar-refractivity contribution is 0.656. The Balaban J connectivity index is 1.08. The molecule has 11 rings (SSSR count). The van der Waals surface area contributed by atoms with Gasteiger partial charge in [0.05, 0.1) is 16.6 Å². The molecule has 238 valence electrons. The van der Waals surface area contributed by atoms with Crippen LogP contribution in [0, 0.1) is 0 Å². The number of fused-ring (bicyclic) bond motifs is 9. The summed E-state index contributed by atoms with van der Waals surface area (Å²) < 4.78 is 15.5. The van der Waals surface area contributed by atoms with Crippen LogP contribution in [0.15, 0.2) is 167 Å². The fourth-order valence-corrected chi connectivity index (χ4v) is 7.50. The van der Waals surface area contributed by atoms with Crippen LogP contribution in [-0.4, -0.2) is 19.5 Å². The van der Waals surface area contributed by atoms with Gasteiger partial charge in [0.15, 0.2) is 17.5 Å². The van der Waals surface area contributed by atoms with E-state index in [-0.39, 0.29) is 0 Å². The van der Waals surface area contributed by atoms with Gasteiger partial charge in [-0.1, -0.05) is 109 Å². The summed E-state index contributed by atoms with van der Waals surface area (Å²) in [6.07, 6.45) is 0. The summed E-state index contributed by atoms with van der Waals surface area (Å²) in [5.41, 5.74) is 9.10. The summed E-state index contributed by atoms with van der Waals surface area (Å²) in [5.74, 6) is 1.77. The quantitative estimate of drug-likeness (QED) is 0.189. The van der Waals surface area contributed by atoms with E-state index >= 15 is 0 Å². The van der Waals surface area contributed by atoms with Crippen LogP contribution in [0.2, 0.25) is 0 Å². The largest absolute Gasteiger partial charge is 0.456 e. The highest BCUT2D eigenvalue weighted by Crippen LogP contribution is 2.41. The Bertz CT molecular complexity index is 3030. The molecule has 0 aliphatic rings. The molecule has 6 heteroatoms. The van der Waals surface area contributed by atoms with Gasteiger partial charge in [-0.15, -0.1) is 0 Å². The highest BCUT2D eigenvalue weighted by molar-refractivity contribution is 6.17. The van der Waals surface area contributed by atoms with Gasteiger partial charge >= 0.3 is 0 Å². The van der Waals surface area contributed by atoms with Crippen molar-refractivity contribution in [2.45, 2.75) is 0 Å². The molecule has 7 aromatic carbocycles. The van der Waals surface area contributed by atoms with Crippen molar-refractivity contribution in [1.82, 2.24) is 19.5 Å². The van der Waals surface area contributed by atoms with Crippen molar-refractivity contribution in [2.75, 3.05) is 0 Å². The van der Waals surface area contributed by atoms with Gasteiger partial charge in [-0.2, -0.15) is 0 Å². The highest BCUT2D eigenvalue weighted by Gasteiger charge is 2.20. The van der Waals surface area contributed by atoms with Crippen LogP contribution in [0.5, 0.6) is 0 Å². The SMILES string of the molecule is c1ccc(-c2nc(-c3ccccc3)nc(-c3cccc4c3oc3cc5oc6cc(-n7c8ccccc8c8ccccc87)ccc6c5cc34)n2)cc1. The molecular weight excluding hydrogens is 629 g/mol. The standard InChI is InChI=1S/C45H26N4O2/c1-3-12-27(13-4-1)43-46-44(28-14-5-2-6-15-28)48-45(47-43)34-19-11-18-33-36-25-35-32-23-22-29(24-39(32)50-40(35)26-41(36)51-42(33)34)49-37-20-9-7-16-30(37)31-17-8-10-21-38(31)49/h1-26H. The Labute approximate surface area is 290 Å². The van der Waals surface area contributed by atoms with Crippen molar-refractivity contribution < 1.29 is 8.83 Å². The molecule has 0 amide bonds. The van der Waals surface area contributed by atoms with Crippen molar-refractivity contribution in [2.24, 2.45) is 0 Å². The summed E-state index contributed by atoms with van der Waals surface area (Å²) in [7, 11) is 0. The number of aromatic nitrogens is 4. The van der Waals surface area contributed by atoms with E-state index in [9.17, 15) is 0 Å². The van der Waals surface area contributed by atoms with Gasteiger partial charge in [0.25, 0.3) is 0 Å². The molecule has 0 saturated carbocycles. The molecule has 4 aromatic heterocycles. The fraction of sp³-hybridized carbons (Fsp3) is 0. The molecule has 11 aromatic rings. The van der Waals surface area contributed by atoms with Crippen molar-refractivity contribution in [3.05, 3.63) is 158 Å². The second kappa shape index (κ2) is 10.7. The number of hydrogen-bond acceptors (Lipinski definition) is 5. The van der Waals surface area contributed by atoms with E-state index in [0.29, 0.717) is 17.5 Å². The summed E-state index contributed by atoms with van der Waals surface area (Å²) in [6.45, 7) is 0. The first-order valence-corrected chi connectivity index (χ1v) is 16.9. The molecule has 0 N–H and O–H groups in total. The van der Waals surface area contributed by atoms with Gasteiger partial charge < -0.3 is 13.4 Å². The number of rotatable bonds is 4. The first kappa shape index (κ1) is 27.9. The van der Waals surface area contributed by atoms with E-state index in [1.807, 2.05) is 78.9 Å². The van der Waals surface area contributed by atoms with Gasteiger partial charge in [-0.25, -0.2) is 15.0 Å². The zero-order valence-electron chi connectivity index (χ0n) is 27.1. The van der Waals surface area contributed by atoms with E-state index in [4.69, 9.17) is 23.8 Å². The predicted molar refractivity (Wildman–Crippen MR) is 205 cm³/mol. The molecule has 51 heavy (non-hydrogen) atoms. The van der Waals surface area contributed by atoms with Crippen LogP contribution in [-0.2, 0) is 0 Å². The van der Waals surface area contributed by atoms with Crippen LogP contribution in [0.25, 0.3) is 106 Å². The van der Waals surface area contributed by atoms with E-state index in [2.05, 4.69) is 83.4 Å². The normalized spacial score (nSPS) is 11.9. The van der Waals surface area contributed by atoms with Crippen molar-refractivity contribution in [1.29, 1.82) is 0 Å². The lowest BCUT2D eigenvalue weighted by Crippen LogP contribution is -2.00. The second-order valence-electron chi connectivity index (χ2n) is 12.8. The molecule has 0 spiro atoms. The average Bonchev–Trinajstić information content (AvgIpc) is 3.86. The van der Waals surface area contributed by atoms with Crippen LogP contribution in [0.4, 0.5) is 0 Å². The van der Waals surface area contributed by atoms with Crippen LogP contribution in [0.1, 0.15) is 0 Å². The number of hydrogen-bond donors (Lipinski definition) is 0. The minimum absolute atomic E-state index is 0.555. The molecule has 0 aliphatic carbocycles. The van der Waals surface area contributed by atoms with E-state index in [0.717, 1.165) is 66.3 Å². The Kier molecular flexibility index (Phi) is 5.86. The number of benzene rings is 7. The Hall–Kier alpha value is -7.05. The Morgan fingerprint density at radius 2 is 0.922 bits per heavy atom. The summed E-state index contributed by atoms with van der Waals surface area (Å²) in [4.78, 5) is 14.8. The van der Waals surface area contributed by atoms with Gasteiger partial charge in [0, 0.05) is 61.3 Å². The molecule has 0 aliphatic heterocycles. The first-order chi connectivity index (χ1) is 25.3. The fourth-order valence-electron chi connectivity index (χ4n) is 7.50. The van der Waals surface area contributed by atoms with E-state index in [1.54, 1.807) is 0 Å². The van der Waals surface area contributed by atoms with Crippen molar-refractivity contribution >= 4 is 65.7 Å². The zero-order chi connectivity index (χ0) is 33.5. The lowest BCUT2D eigenvalue weighted by atomic mass is 10.1. The van der Waals surface area contributed by atoms with E-state index in [1.165, 1.54) is 21.8 Å². The summed E-state index contributed by atoms with van der Waals surface area (Å²) in [6, 6.07) is 53.9. The third-order valence-corrected chi connectivity index (χ3v) is 9.85. The molecule has 6 nitrogen and oxygen atoms in total. The number of furan rings is 2. The third kappa shape index (κ3) is 4.26. The number of para-hydroxylation sites is 3. The average molecular weight is 655 g/mol. The molecule has 0 unspecified atom stereocenters. The second-order valence-corrected chi connectivity index (χ2v) is 12.8. The van der Waals surface area contributed by atoms with Gasteiger partial charge in [-0.05, 0) is 36.4 Å². The first-order valence-electron chi connectivity index (χ1n) is 16.9. The molecule has 0 saturated heterocycles. The van der Waals surface area contributed by atoms with Crippen LogP contribution in [0.3, 0.4) is 0 Å². The maximum absolute atomic E-state index is 6.65. The van der Waals surface area contributed by atoms with Crippen LogP contribution < -0.4 is 0 Å². The Morgan fingerprint density at radius 1 is 0.373 bits per heavy atom. The molecule has 0 radical (unpaired) electrons. The van der Waals surface area contributed by atoms with Gasteiger partial charge in [0.2, 0.25) is 0 Å². The monoisotopic (exact) mass is 654 g/mol. The van der Waals surface area contributed by atoms with Crippen molar-refractivity contribution in [3.8, 4) is 39.9 Å². The maximum Gasteiger partial charge on any atom is 0.167 e.